The molecule has 1 rings (SSSR count). The minimum absolute atomic E-state index is 0.0185. The van der Waals surface area contributed by atoms with Crippen molar-refractivity contribution in [3.05, 3.63) is 22.4 Å². The van der Waals surface area contributed by atoms with Crippen molar-refractivity contribution in [2.24, 2.45) is 5.92 Å². The zero-order valence-electron chi connectivity index (χ0n) is 9.61. The Hall–Kier alpha value is -2.05. The molecule has 0 bridgehead atoms. The molecule has 0 fully saturated rings. The first-order chi connectivity index (χ1) is 7.90. The molecule has 94 valence electrons. The molecule has 7 nitrogen and oxygen atoms in total. The standard InChI is InChI=1S/C10H15N3O4/c1-5(2)3-6(9(15)16)12-8(14)7-4-11-10(17)13-7/h4-6H,3H2,1-2H3,(H,12,14)(H,15,16)(H2,11,13,17)/t6-/m0/s1. The van der Waals surface area contributed by atoms with Crippen LogP contribution in [0.25, 0.3) is 0 Å². The maximum absolute atomic E-state index is 11.6. The molecule has 0 saturated carbocycles. The Morgan fingerprint density at radius 1 is 1.47 bits per heavy atom. The lowest BCUT2D eigenvalue weighted by molar-refractivity contribution is -0.139. The molecule has 0 aliphatic rings. The summed E-state index contributed by atoms with van der Waals surface area (Å²) in [6.07, 6.45) is 1.53. The van der Waals surface area contributed by atoms with E-state index in [4.69, 9.17) is 5.11 Å². The summed E-state index contributed by atoms with van der Waals surface area (Å²) in [6, 6.07) is -0.957. The number of amides is 1. The maximum Gasteiger partial charge on any atom is 0.326 e. The van der Waals surface area contributed by atoms with Gasteiger partial charge in [0.25, 0.3) is 5.91 Å². The molecular formula is C10H15N3O4. The normalized spacial score (nSPS) is 12.4. The van der Waals surface area contributed by atoms with E-state index < -0.39 is 23.6 Å². The number of imidazole rings is 1. The van der Waals surface area contributed by atoms with Crippen LogP contribution in [0.3, 0.4) is 0 Å². The fourth-order valence-electron chi connectivity index (χ4n) is 1.38. The Morgan fingerprint density at radius 3 is 2.53 bits per heavy atom. The molecule has 0 aromatic carbocycles. The summed E-state index contributed by atoms with van der Waals surface area (Å²) in [5.74, 6) is -1.57. The highest BCUT2D eigenvalue weighted by atomic mass is 16.4. The van der Waals surface area contributed by atoms with E-state index in [1.54, 1.807) is 0 Å². The van der Waals surface area contributed by atoms with E-state index in [9.17, 15) is 14.4 Å². The van der Waals surface area contributed by atoms with Gasteiger partial charge in [0.1, 0.15) is 11.7 Å². The number of H-pyrrole nitrogens is 2. The van der Waals surface area contributed by atoms with Crippen LogP contribution in [0.5, 0.6) is 0 Å². The Labute approximate surface area is 97.2 Å². The van der Waals surface area contributed by atoms with Gasteiger partial charge in [-0.15, -0.1) is 0 Å². The summed E-state index contributed by atoms with van der Waals surface area (Å²) >= 11 is 0. The Kier molecular flexibility index (Phi) is 4.08. The highest BCUT2D eigenvalue weighted by molar-refractivity contribution is 5.94. The number of carbonyl (C=O) groups excluding carboxylic acids is 1. The number of carbonyl (C=O) groups is 2. The molecule has 0 unspecified atom stereocenters. The zero-order chi connectivity index (χ0) is 13.0. The predicted molar refractivity (Wildman–Crippen MR) is 59.8 cm³/mol. The van der Waals surface area contributed by atoms with Crippen LogP contribution in [0, 0.1) is 5.92 Å². The van der Waals surface area contributed by atoms with Crippen LogP contribution in [0.2, 0.25) is 0 Å². The summed E-state index contributed by atoms with van der Waals surface area (Å²) in [7, 11) is 0. The summed E-state index contributed by atoms with van der Waals surface area (Å²) < 4.78 is 0. The first kappa shape index (κ1) is 13.0. The van der Waals surface area contributed by atoms with Crippen LogP contribution in [0.15, 0.2) is 11.0 Å². The number of aromatic nitrogens is 2. The largest absolute Gasteiger partial charge is 0.480 e. The van der Waals surface area contributed by atoms with Crippen molar-refractivity contribution in [2.45, 2.75) is 26.3 Å². The van der Waals surface area contributed by atoms with E-state index >= 15 is 0 Å². The van der Waals surface area contributed by atoms with Crippen molar-refractivity contribution in [3.63, 3.8) is 0 Å². The lowest BCUT2D eigenvalue weighted by Crippen LogP contribution is -2.41. The highest BCUT2D eigenvalue weighted by Crippen LogP contribution is 2.05. The number of aromatic amines is 2. The average Bonchev–Trinajstić information content (AvgIpc) is 2.63. The highest BCUT2D eigenvalue weighted by Gasteiger charge is 2.22. The minimum atomic E-state index is -1.09. The van der Waals surface area contributed by atoms with Gasteiger partial charge in [-0.2, -0.15) is 0 Å². The van der Waals surface area contributed by atoms with Crippen molar-refractivity contribution in [2.75, 3.05) is 0 Å². The van der Waals surface area contributed by atoms with Gasteiger partial charge >= 0.3 is 11.7 Å². The quantitative estimate of drug-likeness (QED) is 0.577. The number of nitrogens with one attached hydrogen (secondary N) is 3. The molecule has 0 aliphatic carbocycles. The molecule has 17 heavy (non-hydrogen) atoms. The molecular weight excluding hydrogens is 226 g/mol. The minimum Gasteiger partial charge on any atom is -0.480 e. The molecule has 1 aromatic heterocycles. The van der Waals surface area contributed by atoms with Crippen molar-refractivity contribution in [3.8, 4) is 0 Å². The van der Waals surface area contributed by atoms with E-state index in [-0.39, 0.29) is 11.6 Å². The van der Waals surface area contributed by atoms with Crippen molar-refractivity contribution < 1.29 is 14.7 Å². The zero-order valence-corrected chi connectivity index (χ0v) is 9.61. The van der Waals surface area contributed by atoms with E-state index in [1.165, 1.54) is 6.20 Å². The number of hydrogen-bond acceptors (Lipinski definition) is 3. The van der Waals surface area contributed by atoms with Gasteiger partial charge in [0.05, 0.1) is 0 Å². The van der Waals surface area contributed by atoms with Gasteiger partial charge in [0, 0.05) is 6.20 Å². The second kappa shape index (κ2) is 5.33. The van der Waals surface area contributed by atoms with Crippen LogP contribution >= 0.6 is 0 Å². The number of carboxylic acid groups (broad SMARTS) is 1. The predicted octanol–water partition coefficient (Wildman–Crippen LogP) is -0.0679. The van der Waals surface area contributed by atoms with Gasteiger partial charge in [-0.05, 0) is 12.3 Å². The summed E-state index contributed by atoms with van der Waals surface area (Å²) in [5.41, 5.74) is -0.490. The molecule has 4 N–H and O–H groups in total. The smallest absolute Gasteiger partial charge is 0.326 e. The van der Waals surface area contributed by atoms with Crippen LogP contribution in [-0.4, -0.2) is 33.0 Å². The number of hydrogen-bond donors (Lipinski definition) is 4. The lowest BCUT2D eigenvalue weighted by Gasteiger charge is -2.15. The molecule has 1 heterocycles. The third-order valence-electron chi connectivity index (χ3n) is 2.15. The average molecular weight is 241 g/mol. The van der Waals surface area contributed by atoms with Crippen molar-refractivity contribution in [1.82, 2.24) is 15.3 Å². The molecule has 0 radical (unpaired) electrons. The van der Waals surface area contributed by atoms with E-state index in [1.807, 2.05) is 13.8 Å². The summed E-state index contributed by atoms with van der Waals surface area (Å²) in [5, 5.41) is 11.3. The third kappa shape index (κ3) is 3.78. The molecule has 0 saturated heterocycles. The molecule has 7 heteroatoms. The SMILES string of the molecule is CC(C)C[C@H](NC(=O)c1c[nH]c(=O)[nH]1)C(=O)O. The monoisotopic (exact) mass is 241 g/mol. The van der Waals surface area contributed by atoms with Crippen LogP contribution in [-0.2, 0) is 4.79 Å². The summed E-state index contributed by atoms with van der Waals surface area (Å²) in [6.45, 7) is 3.72. The first-order valence-electron chi connectivity index (χ1n) is 5.21. The first-order valence-corrected chi connectivity index (χ1v) is 5.21. The number of aliphatic carboxylic acids is 1. The van der Waals surface area contributed by atoms with Crippen molar-refractivity contribution in [1.29, 1.82) is 0 Å². The Morgan fingerprint density at radius 2 is 2.12 bits per heavy atom. The molecule has 0 aliphatic heterocycles. The second-order valence-corrected chi connectivity index (χ2v) is 4.15. The van der Waals surface area contributed by atoms with Gasteiger partial charge in [0.15, 0.2) is 0 Å². The van der Waals surface area contributed by atoms with Gasteiger partial charge in [-0.25, -0.2) is 9.59 Å². The van der Waals surface area contributed by atoms with Gasteiger partial charge in [-0.1, -0.05) is 13.8 Å². The lowest BCUT2D eigenvalue weighted by atomic mass is 10.0. The van der Waals surface area contributed by atoms with Crippen LogP contribution < -0.4 is 11.0 Å². The van der Waals surface area contributed by atoms with Crippen LogP contribution in [0.4, 0.5) is 0 Å². The van der Waals surface area contributed by atoms with Crippen LogP contribution in [0.1, 0.15) is 30.8 Å². The maximum atomic E-state index is 11.6. The molecule has 1 aromatic rings. The van der Waals surface area contributed by atoms with E-state index in [0.29, 0.717) is 6.42 Å². The number of carboxylic acids is 1. The second-order valence-electron chi connectivity index (χ2n) is 4.15. The van der Waals surface area contributed by atoms with E-state index in [0.717, 1.165) is 0 Å². The van der Waals surface area contributed by atoms with Gasteiger partial charge in [-0.3, -0.25) is 4.79 Å². The van der Waals surface area contributed by atoms with Gasteiger partial charge in [0.2, 0.25) is 0 Å². The van der Waals surface area contributed by atoms with Crippen molar-refractivity contribution >= 4 is 11.9 Å². The summed E-state index contributed by atoms with van der Waals surface area (Å²) in [4.78, 5) is 37.8. The fourth-order valence-corrected chi connectivity index (χ4v) is 1.38. The van der Waals surface area contributed by atoms with Gasteiger partial charge < -0.3 is 20.4 Å². The van der Waals surface area contributed by atoms with E-state index in [2.05, 4.69) is 15.3 Å². The Bertz CT molecular complexity index is 460. The fraction of sp³-hybridized carbons (Fsp3) is 0.500. The molecule has 0 spiro atoms. The third-order valence-corrected chi connectivity index (χ3v) is 2.15. The topological polar surface area (TPSA) is 115 Å². The number of rotatable bonds is 5. The molecule has 1 amide bonds. The molecule has 1 atom stereocenters. The Balaban J connectivity index is 2.70.